The molecule has 0 aromatic heterocycles. The molecule has 0 aromatic carbocycles. The van der Waals surface area contributed by atoms with Gasteiger partial charge in [0.2, 0.25) is 0 Å². The van der Waals surface area contributed by atoms with Crippen LogP contribution in [0.25, 0.3) is 0 Å². The number of hydrogen-bond donors (Lipinski definition) is 1. The number of allylic oxidation sites excluding steroid dienone is 2. The van der Waals surface area contributed by atoms with E-state index >= 15 is 0 Å². The van der Waals surface area contributed by atoms with Gasteiger partial charge in [0.05, 0.1) is 5.71 Å². The lowest BCUT2D eigenvalue weighted by molar-refractivity contribution is -0.131. The molecule has 2 N–H and O–H groups in total. The Labute approximate surface area is 163 Å². The second-order valence-corrected chi connectivity index (χ2v) is 10.3. The number of carbonyl (C=O) groups is 1. The second kappa shape index (κ2) is 5.92. The summed E-state index contributed by atoms with van der Waals surface area (Å²) < 4.78 is 0. The summed E-state index contributed by atoms with van der Waals surface area (Å²) >= 11 is 0. The van der Waals surface area contributed by atoms with Crippen molar-refractivity contribution in [2.24, 2.45) is 44.9 Å². The Morgan fingerprint density at radius 1 is 1.11 bits per heavy atom. The Morgan fingerprint density at radius 3 is 2.63 bits per heavy atom. The van der Waals surface area contributed by atoms with E-state index in [-0.39, 0.29) is 10.8 Å². The quantitative estimate of drug-likeness (QED) is 0.459. The fourth-order valence-corrected chi connectivity index (χ4v) is 7.69. The lowest BCUT2D eigenvalue weighted by Crippen LogP contribution is -2.52. The molecule has 5 rings (SSSR count). The van der Waals surface area contributed by atoms with Gasteiger partial charge in [-0.25, -0.2) is 0 Å². The molecule has 4 fully saturated rings. The predicted octanol–water partition coefficient (Wildman–Crippen LogP) is 4.24. The highest BCUT2D eigenvalue weighted by atomic mass is 16.6. The molecule has 0 saturated heterocycles. The summed E-state index contributed by atoms with van der Waals surface area (Å²) in [5.74, 6) is 2.59. The number of nitrogens with two attached hydrogens (primary N) is 1. The van der Waals surface area contributed by atoms with E-state index in [0.717, 1.165) is 31.6 Å². The van der Waals surface area contributed by atoms with Gasteiger partial charge in [-0.05, 0) is 74.5 Å². The predicted molar refractivity (Wildman–Crippen MR) is 106 cm³/mol. The van der Waals surface area contributed by atoms with Gasteiger partial charge >= 0.3 is 0 Å². The summed E-state index contributed by atoms with van der Waals surface area (Å²) in [6.07, 6.45) is 12.7. The fourth-order valence-electron chi connectivity index (χ4n) is 7.69. The molecule has 5 aliphatic rings. The van der Waals surface area contributed by atoms with Crippen molar-refractivity contribution in [3.63, 3.8) is 0 Å². The summed E-state index contributed by atoms with van der Waals surface area (Å²) in [5, 5.41) is 4.54. The van der Waals surface area contributed by atoms with Crippen LogP contribution in [0, 0.1) is 34.0 Å². The smallest absolute Gasteiger partial charge is 0.139 e. The number of fused-ring (bicyclic) bond motifs is 6. The van der Waals surface area contributed by atoms with Crippen LogP contribution in [0.2, 0.25) is 0 Å². The van der Waals surface area contributed by atoms with Gasteiger partial charge in [0.15, 0.2) is 0 Å². The molecule has 0 unspecified atom stereocenters. The van der Waals surface area contributed by atoms with Gasteiger partial charge in [0.1, 0.15) is 12.4 Å². The Hall–Kier alpha value is -1.16. The number of ketones is 1. The van der Waals surface area contributed by atoms with Gasteiger partial charge in [0, 0.05) is 23.8 Å². The molecule has 5 atom stereocenters. The van der Waals surface area contributed by atoms with Crippen LogP contribution >= 0.6 is 0 Å². The van der Waals surface area contributed by atoms with Gasteiger partial charge in [-0.15, -0.1) is 0 Å². The van der Waals surface area contributed by atoms with Crippen molar-refractivity contribution in [1.29, 1.82) is 0 Å². The fraction of sp³-hybridized carbons (Fsp3) is 0.826. The highest BCUT2D eigenvalue weighted by molar-refractivity contribution is 5.96. The molecule has 0 aromatic rings. The standard InChI is InChI=1S/C23H34N2O2/c1-21-10-8-19(25-27-14-13-24)23(11-12-23)18(21)5-3-15-16-4-6-20(26)22(16,2)9-7-17(15)21/h5,15-17H,3-4,6-14,24H2,1-2H3/b25-19-/t15-,16-,17-,21+,22-/m0/s1. The van der Waals surface area contributed by atoms with E-state index in [0.29, 0.717) is 36.2 Å². The molecule has 148 valence electrons. The van der Waals surface area contributed by atoms with Crippen molar-refractivity contribution in [3.05, 3.63) is 11.6 Å². The monoisotopic (exact) mass is 370 g/mol. The molecule has 0 bridgehead atoms. The van der Waals surface area contributed by atoms with Crippen LogP contribution in [0.4, 0.5) is 0 Å². The summed E-state index contributed by atoms with van der Waals surface area (Å²) in [5.41, 5.74) is 8.96. The zero-order chi connectivity index (χ0) is 18.9. The number of nitrogens with zero attached hydrogens (tertiary/aromatic N) is 1. The SMILES string of the molecule is C[C@]12CC/C(=N/OCCN)C3(CC3)C1=CC[C@@H]1[C@@H]2CC[C@]2(C)C(=O)CC[C@@H]12. The summed E-state index contributed by atoms with van der Waals surface area (Å²) in [4.78, 5) is 18.1. The average Bonchev–Trinajstić information content (AvgIpc) is 3.37. The highest BCUT2D eigenvalue weighted by Crippen LogP contribution is 2.70. The molecular weight excluding hydrogens is 336 g/mol. The van der Waals surface area contributed by atoms with E-state index < -0.39 is 0 Å². The summed E-state index contributed by atoms with van der Waals surface area (Å²) in [7, 11) is 0. The van der Waals surface area contributed by atoms with Crippen molar-refractivity contribution in [1.82, 2.24) is 0 Å². The minimum atomic E-state index is -0.0303. The minimum absolute atomic E-state index is 0.0303. The van der Waals surface area contributed by atoms with E-state index in [1.165, 1.54) is 37.8 Å². The largest absolute Gasteiger partial charge is 0.394 e. The number of hydrogen-bond acceptors (Lipinski definition) is 4. The maximum Gasteiger partial charge on any atom is 0.139 e. The van der Waals surface area contributed by atoms with E-state index in [9.17, 15) is 4.79 Å². The van der Waals surface area contributed by atoms with Gasteiger partial charge < -0.3 is 10.6 Å². The molecule has 0 heterocycles. The van der Waals surface area contributed by atoms with Gasteiger partial charge in [-0.2, -0.15) is 0 Å². The van der Waals surface area contributed by atoms with Gasteiger partial charge in [0.25, 0.3) is 0 Å². The second-order valence-electron chi connectivity index (χ2n) is 10.3. The van der Waals surface area contributed by atoms with E-state index in [2.05, 4.69) is 25.1 Å². The molecule has 0 aliphatic heterocycles. The third-order valence-electron chi connectivity index (χ3n) is 9.26. The molecule has 5 aliphatic carbocycles. The van der Waals surface area contributed by atoms with E-state index in [1.807, 2.05) is 0 Å². The van der Waals surface area contributed by atoms with Crippen LogP contribution in [-0.4, -0.2) is 24.6 Å². The van der Waals surface area contributed by atoms with Crippen LogP contribution in [-0.2, 0) is 9.63 Å². The van der Waals surface area contributed by atoms with Crippen LogP contribution in [0.1, 0.15) is 71.6 Å². The van der Waals surface area contributed by atoms with Crippen LogP contribution in [0.15, 0.2) is 16.8 Å². The molecule has 4 heteroatoms. The minimum Gasteiger partial charge on any atom is -0.394 e. The first-order chi connectivity index (χ1) is 13.0. The lowest BCUT2D eigenvalue weighted by Gasteiger charge is -2.58. The lowest BCUT2D eigenvalue weighted by atomic mass is 9.46. The number of Topliss-reactive ketones (excluding diaryl/α,β-unsaturated/α-hetero) is 1. The van der Waals surface area contributed by atoms with Crippen LogP contribution < -0.4 is 5.73 Å². The number of oxime groups is 1. The molecule has 0 radical (unpaired) electrons. The van der Waals surface area contributed by atoms with Crippen molar-refractivity contribution in [2.75, 3.05) is 13.2 Å². The van der Waals surface area contributed by atoms with Crippen LogP contribution in [0.5, 0.6) is 0 Å². The van der Waals surface area contributed by atoms with Crippen LogP contribution in [0.3, 0.4) is 0 Å². The van der Waals surface area contributed by atoms with Crippen molar-refractivity contribution in [2.45, 2.75) is 71.6 Å². The van der Waals surface area contributed by atoms with Gasteiger partial charge in [-0.3, -0.25) is 4.79 Å². The Balaban J connectivity index is 1.47. The van der Waals surface area contributed by atoms with Crippen molar-refractivity contribution >= 4 is 11.5 Å². The number of carbonyl (C=O) groups excluding carboxylic acids is 1. The normalized spacial score (nSPS) is 45.9. The Morgan fingerprint density at radius 2 is 1.89 bits per heavy atom. The average molecular weight is 371 g/mol. The van der Waals surface area contributed by atoms with E-state index in [4.69, 9.17) is 10.6 Å². The van der Waals surface area contributed by atoms with E-state index in [1.54, 1.807) is 5.57 Å². The number of rotatable bonds is 3. The summed E-state index contributed by atoms with van der Waals surface area (Å²) in [6.45, 7) is 5.84. The summed E-state index contributed by atoms with van der Waals surface area (Å²) in [6, 6.07) is 0. The highest BCUT2D eigenvalue weighted by Gasteiger charge is 2.64. The molecule has 4 nitrogen and oxygen atoms in total. The van der Waals surface area contributed by atoms with Crippen molar-refractivity contribution in [3.8, 4) is 0 Å². The first-order valence-corrected chi connectivity index (χ1v) is 11.1. The zero-order valence-corrected chi connectivity index (χ0v) is 16.9. The van der Waals surface area contributed by atoms with Gasteiger partial charge in [-0.1, -0.05) is 30.7 Å². The molecule has 27 heavy (non-hydrogen) atoms. The first-order valence-electron chi connectivity index (χ1n) is 11.1. The first kappa shape index (κ1) is 17.9. The Kier molecular flexibility index (Phi) is 3.93. The Bertz CT molecular complexity index is 722. The van der Waals surface area contributed by atoms with Crippen molar-refractivity contribution < 1.29 is 9.63 Å². The topological polar surface area (TPSA) is 64.7 Å². The molecule has 4 saturated carbocycles. The molecule has 0 amide bonds. The third-order valence-corrected chi connectivity index (χ3v) is 9.26. The molecular formula is C23H34N2O2. The zero-order valence-electron chi connectivity index (χ0n) is 16.9. The molecule has 1 spiro atoms. The third kappa shape index (κ3) is 2.31. The maximum absolute atomic E-state index is 12.6. The maximum atomic E-state index is 12.6.